The molecule has 0 aromatic heterocycles. The van der Waals surface area contributed by atoms with Crippen LogP contribution in [0.4, 0.5) is 4.39 Å². The number of methoxy groups -OCH3 is 1. The molecule has 1 aromatic carbocycles. The van der Waals surface area contributed by atoms with E-state index in [-0.39, 0.29) is 31.2 Å². The van der Waals surface area contributed by atoms with Gasteiger partial charge in [0.1, 0.15) is 12.4 Å². The second-order valence-electron chi connectivity index (χ2n) is 4.99. The lowest BCUT2D eigenvalue weighted by molar-refractivity contribution is -0.129. The molecule has 2 amide bonds. The largest absolute Gasteiger partial charge is 0.383 e. The Morgan fingerprint density at radius 1 is 1.29 bits per heavy atom. The Morgan fingerprint density at radius 2 is 1.95 bits per heavy atom. The van der Waals surface area contributed by atoms with E-state index in [0.717, 1.165) is 5.56 Å². The molecule has 0 radical (unpaired) electrons. The minimum Gasteiger partial charge on any atom is -0.383 e. The number of ether oxygens (including phenoxy) is 1. The van der Waals surface area contributed by atoms with E-state index >= 15 is 0 Å². The first-order valence-electron chi connectivity index (χ1n) is 6.61. The number of hydrogen-bond donors (Lipinski definition) is 0. The fourth-order valence-electron chi connectivity index (χ4n) is 1.72. The van der Waals surface area contributed by atoms with Gasteiger partial charge in [0.05, 0.1) is 12.2 Å². The van der Waals surface area contributed by atoms with Crippen molar-refractivity contribution in [2.75, 3.05) is 40.9 Å². The normalized spacial score (nSPS) is 10.3. The monoisotopic (exact) mass is 296 g/mol. The SMILES string of the molecule is COCCN(CC(=O)N(C)C)C(=O)c1ccc(C)cc1F. The van der Waals surface area contributed by atoms with Crippen molar-refractivity contribution >= 4 is 11.8 Å². The fourth-order valence-corrected chi connectivity index (χ4v) is 1.72. The molecule has 0 saturated carbocycles. The summed E-state index contributed by atoms with van der Waals surface area (Å²) in [5.41, 5.74) is 0.695. The van der Waals surface area contributed by atoms with Gasteiger partial charge in [0.2, 0.25) is 5.91 Å². The third-order valence-corrected chi connectivity index (χ3v) is 3.03. The maximum Gasteiger partial charge on any atom is 0.257 e. The number of halogens is 1. The number of carbonyl (C=O) groups excluding carboxylic acids is 2. The van der Waals surface area contributed by atoms with Crippen molar-refractivity contribution in [2.45, 2.75) is 6.92 Å². The van der Waals surface area contributed by atoms with E-state index in [1.807, 2.05) is 0 Å². The van der Waals surface area contributed by atoms with Crippen LogP contribution in [0, 0.1) is 12.7 Å². The molecule has 21 heavy (non-hydrogen) atoms. The highest BCUT2D eigenvalue weighted by Crippen LogP contribution is 2.13. The number of carbonyl (C=O) groups is 2. The van der Waals surface area contributed by atoms with E-state index in [1.54, 1.807) is 27.1 Å². The van der Waals surface area contributed by atoms with E-state index in [4.69, 9.17) is 4.74 Å². The second-order valence-corrected chi connectivity index (χ2v) is 4.99. The Bertz CT molecular complexity index is 518. The Balaban J connectivity index is 2.95. The summed E-state index contributed by atoms with van der Waals surface area (Å²) < 4.78 is 18.8. The van der Waals surface area contributed by atoms with Crippen molar-refractivity contribution < 1.29 is 18.7 Å². The van der Waals surface area contributed by atoms with Gasteiger partial charge in [-0.05, 0) is 24.6 Å². The Labute approximate surface area is 124 Å². The molecule has 6 heteroatoms. The van der Waals surface area contributed by atoms with Crippen molar-refractivity contribution in [2.24, 2.45) is 0 Å². The van der Waals surface area contributed by atoms with Crippen molar-refractivity contribution in [3.63, 3.8) is 0 Å². The number of rotatable bonds is 6. The Morgan fingerprint density at radius 3 is 2.48 bits per heavy atom. The predicted octanol–water partition coefficient (Wildman–Crippen LogP) is 1.31. The summed E-state index contributed by atoms with van der Waals surface area (Å²) >= 11 is 0. The van der Waals surface area contributed by atoms with Gasteiger partial charge in [-0.3, -0.25) is 9.59 Å². The molecule has 0 saturated heterocycles. The van der Waals surface area contributed by atoms with E-state index in [9.17, 15) is 14.0 Å². The summed E-state index contributed by atoms with van der Waals surface area (Å²) in [4.78, 5) is 26.9. The molecule has 0 fully saturated rings. The molecule has 0 aliphatic rings. The molecule has 1 rings (SSSR count). The molecule has 0 spiro atoms. The molecule has 0 bridgehead atoms. The van der Waals surface area contributed by atoms with Crippen LogP contribution in [-0.4, -0.2) is 62.5 Å². The first kappa shape index (κ1) is 17.1. The summed E-state index contributed by atoms with van der Waals surface area (Å²) in [6.45, 7) is 2.14. The molecular formula is C15H21FN2O3. The van der Waals surface area contributed by atoms with E-state index in [2.05, 4.69) is 0 Å². The number of amides is 2. The highest BCUT2D eigenvalue weighted by molar-refractivity contribution is 5.96. The summed E-state index contributed by atoms with van der Waals surface area (Å²) in [7, 11) is 4.71. The Kier molecular flexibility index (Phi) is 6.30. The maximum atomic E-state index is 13.9. The lowest BCUT2D eigenvalue weighted by Crippen LogP contribution is -2.42. The van der Waals surface area contributed by atoms with Crippen LogP contribution in [0.15, 0.2) is 18.2 Å². The molecule has 0 N–H and O–H groups in total. The topological polar surface area (TPSA) is 49.9 Å². The van der Waals surface area contributed by atoms with Crippen LogP contribution in [0.25, 0.3) is 0 Å². The van der Waals surface area contributed by atoms with Crippen molar-refractivity contribution in [3.05, 3.63) is 35.1 Å². The van der Waals surface area contributed by atoms with Gasteiger partial charge in [0.15, 0.2) is 0 Å². The molecule has 0 aliphatic heterocycles. The first-order valence-corrected chi connectivity index (χ1v) is 6.61. The molecule has 0 atom stereocenters. The van der Waals surface area contributed by atoms with Crippen molar-refractivity contribution in [3.8, 4) is 0 Å². The predicted molar refractivity (Wildman–Crippen MR) is 77.6 cm³/mol. The van der Waals surface area contributed by atoms with Gasteiger partial charge in [-0.1, -0.05) is 6.07 Å². The van der Waals surface area contributed by atoms with Crippen molar-refractivity contribution in [1.29, 1.82) is 0 Å². The number of benzene rings is 1. The van der Waals surface area contributed by atoms with E-state index < -0.39 is 11.7 Å². The number of nitrogens with zero attached hydrogens (tertiary/aromatic N) is 2. The third-order valence-electron chi connectivity index (χ3n) is 3.03. The molecule has 0 heterocycles. The first-order chi connectivity index (χ1) is 9.86. The van der Waals surface area contributed by atoms with Gasteiger partial charge in [0, 0.05) is 27.7 Å². The molecule has 0 unspecified atom stereocenters. The third kappa shape index (κ3) is 4.82. The smallest absolute Gasteiger partial charge is 0.257 e. The summed E-state index contributed by atoms with van der Waals surface area (Å²) in [6.07, 6.45) is 0. The number of hydrogen-bond acceptors (Lipinski definition) is 3. The van der Waals surface area contributed by atoms with Crippen LogP contribution >= 0.6 is 0 Å². The maximum absolute atomic E-state index is 13.9. The molecule has 1 aromatic rings. The highest BCUT2D eigenvalue weighted by atomic mass is 19.1. The summed E-state index contributed by atoms with van der Waals surface area (Å²) in [5.74, 6) is -1.33. The van der Waals surface area contributed by atoms with Gasteiger partial charge in [-0.2, -0.15) is 0 Å². The number of aryl methyl sites for hydroxylation is 1. The molecule has 0 aliphatic carbocycles. The lowest BCUT2D eigenvalue weighted by Gasteiger charge is -2.23. The zero-order valence-corrected chi connectivity index (χ0v) is 12.9. The molecule has 116 valence electrons. The van der Waals surface area contributed by atoms with Crippen LogP contribution in [-0.2, 0) is 9.53 Å². The zero-order valence-electron chi connectivity index (χ0n) is 12.9. The van der Waals surface area contributed by atoms with Gasteiger partial charge in [-0.25, -0.2) is 4.39 Å². The average Bonchev–Trinajstić information content (AvgIpc) is 2.42. The van der Waals surface area contributed by atoms with Gasteiger partial charge in [0.25, 0.3) is 5.91 Å². The Hall–Kier alpha value is -1.95. The summed E-state index contributed by atoms with van der Waals surface area (Å²) in [5, 5.41) is 0. The highest BCUT2D eigenvalue weighted by Gasteiger charge is 2.22. The van der Waals surface area contributed by atoms with Crippen LogP contribution < -0.4 is 0 Å². The molecule has 5 nitrogen and oxygen atoms in total. The standard InChI is InChI=1S/C15H21FN2O3/c1-11-5-6-12(13(16)9-11)15(20)18(7-8-21-4)10-14(19)17(2)3/h5-6,9H,7-8,10H2,1-4H3. The van der Waals surface area contributed by atoms with Gasteiger partial charge >= 0.3 is 0 Å². The van der Waals surface area contributed by atoms with E-state index in [1.165, 1.54) is 29.0 Å². The van der Waals surface area contributed by atoms with Gasteiger partial charge in [-0.15, -0.1) is 0 Å². The minimum atomic E-state index is -0.584. The summed E-state index contributed by atoms with van der Waals surface area (Å²) in [6, 6.07) is 4.40. The van der Waals surface area contributed by atoms with Crippen LogP contribution in [0.3, 0.4) is 0 Å². The van der Waals surface area contributed by atoms with E-state index in [0.29, 0.717) is 0 Å². The minimum absolute atomic E-state index is 0.0386. The van der Waals surface area contributed by atoms with Crippen LogP contribution in [0.5, 0.6) is 0 Å². The van der Waals surface area contributed by atoms with Crippen LogP contribution in [0.1, 0.15) is 15.9 Å². The number of likely N-dealkylation sites (N-methyl/N-ethyl adjacent to an activating group) is 1. The van der Waals surface area contributed by atoms with Gasteiger partial charge < -0.3 is 14.5 Å². The molecular weight excluding hydrogens is 275 g/mol. The van der Waals surface area contributed by atoms with Crippen molar-refractivity contribution in [1.82, 2.24) is 9.80 Å². The average molecular weight is 296 g/mol. The lowest BCUT2D eigenvalue weighted by atomic mass is 10.1. The quantitative estimate of drug-likeness (QED) is 0.795. The zero-order chi connectivity index (χ0) is 16.0. The fraction of sp³-hybridized carbons (Fsp3) is 0.467. The second kappa shape index (κ2) is 7.73. The van der Waals surface area contributed by atoms with Crippen LogP contribution in [0.2, 0.25) is 0 Å².